The van der Waals surface area contributed by atoms with Gasteiger partial charge in [-0.25, -0.2) is 4.98 Å². The maximum absolute atomic E-state index is 5.17. The van der Waals surface area contributed by atoms with Gasteiger partial charge in [-0.1, -0.05) is 42.2 Å². The lowest BCUT2D eigenvalue weighted by atomic mass is 10.0. The molecule has 3 heterocycles. The van der Waals surface area contributed by atoms with Crippen LogP contribution in [0.15, 0.2) is 59.9 Å². The zero-order valence-corrected chi connectivity index (χ0v) is 17.3. The quantitative estimate of drug-likeness (QED) is 0.752. The molecule has 0 spiro atoms. The molecule has 4 rings (SSSR count). The van der Waals surface area contributed by atoms with Crippen LogP contribution >= 0.6 is 0 Å². The highest BCUT2D eigenvalue weighted by molar-refractivity contribution is 5.36. The summed E-state index contributed by atoms with van der Waals surface area (Å²) in [6.45, 7) is 5.88. The fourth-order valence-corrected chi connectivity index (χ4v) is 4.12. The van der Waals surface area contributed by atoms with Crippen LogP contribution in [0.2, 0.25) is 0 Å². The van der Waals surface area contributed by atoms with Crippen molar-refractivity contribution in [3.8, 4) is 17.7 Å². The van der Waals surface area contributed by atoms with Crippen molar-refractivity contribution < 1.29 is 4.74 Å². The average Bonchev–Trinajstić information content (AvgIpc) is 2.74. The summed E-state index contributed by atoms with van der Waals surface area (Å²) in [7, 11) is 3.85. The van der Waals surface area contributed by atoms with E-state index >= 15 is 0 Å². The van der Waals surface area contributed by atoms with Gasteiger partial charge in [0.25, 0.3) is 0 Å². The number of methoxy groups -OCH3 is 1. The van der Waals surface area contributed by atoms with Crippen molar-refractivity contribution in [1.29, 1.82) is 0 Å². The first-order chi connectivity index (χ1) is 14.2. The summed E-state index contributed by atoms with van der Waals surface area (Å²) in [6.07, 6.45) is 2.84. The van der Waals surface area contributed by atoms with E-state index in [0.29, 0.717) is 5.88 Å². The van der Waals surface area contributed by atoms with Gasteiger partial charge in [-0.2, -0.15) is 0 Å². The fourth-order valence-electron chi connectivity index (χ4n) is 4.12. The van der Waals surface area contributed by atoms with E-state index in [1.54, 1.807) is 13.3 Å². The van der Waals surface area contributed by atoms with Crippen molar-refractivity contribution in [2.75, 3.05) is 47.0 Å². The van der Waals surface area contributed by atoms with Crippen molar-refractivity contribution in [1.82, 2.24) is 19.7 Å². The lowest BCUT2D eigenvalue weighted by molar-refractivity contribution is 0.137. The van der Waals surface area contributed by atoms with Crippen molar-refractivity contribution in [2.45, 2.75) is 13.0 Å². The van der Waals surface area contributed by atoms with Gasteiger partial charge in [-0.3, -0.25) is 9.80 Å². The molecule has 0 unspecified atom stereocenters. The molecule has 5 heteroatoms. The summed E-state index contributed by atoms with van der Waals surface area (Å²) < 4.78 is 5.17. The molecule has 0 N–H and O–H groups in total. The Kier molecular flexibility index (Phi) is 6.14. The third-order valence-corrected chi connectivity index (χ3v) is 5.50. The summed E-state index contributed by atoms with van der Waals surface area (Å²) >= 11 is 0. The lowest BCUT2D eigenvalue weighted by Crippen LogP contribution is -2.47. The normalized spacial score (nSPS) is 17.5. The van der Waals surface area contributed by atoms with E-state index in [9.17, 15) is 0 Å². The first kappa shape index (κ1) is 19.5. The van der Waals surface area contributed by atoms with E-state index in [1.807, 2.05) is 12.1 Å². The molecule has 2 aromatic rings. The van der Waals surface area contributed by atoms with E-state index in [4.69, 9.17) is 4.74 Å². The number of hydrogen-bond donors (Lipinski definition) is 0. The largest absolute Gasteiger partial charge is 0.481 e. The summed E-state index contributed by atoms with van der Waals surface area (Å²) in [5.41, 5.74) is 5.38. The van der Waals surface area contributed by atoms with Crippen molar-refractivity contribution >= 4 is 0 Å². The Morgan fingerprint density at radius 3 is 2.76 bits per heavy atom. The fraction of sp³-hybridized carbons (Fsp3) is 0.375. The molecular weight excluding hydrogens is 360 g/mol. The predicted octanol–water partition coefficient (Wildman–Crippen LogP) is 2.81. The molecule has 0 amide bonds. The van der Waals surface area contributed by atoms with Gasteiger partial charge in [0, 0.05) is 63.2 Å². The van der Waals surface area contributed by atoms with Gasteiger partial charge in [0.05, 0.1) is 20.3 Å². The molecule has 0 bridgehead atoms. The Bertz CT molecular complexity index is 929. The van der Waals surface area contributed by atoms with Crippen LogP contribution in [0.1, 0.15) is 17.5 Å². The third kappa shape index (κ3) is 4.97. The number of aromatic nitrogens is 1. The Hall–Kier alpha value is -2.81. The molecule has 5 nitrogen and oxygen atoms in total. The Balaban J connectivity index is 1.37. The van der Waals surface area contributed by atoms with Crippen molar-refractivity contribution in [2.24, 2.45) is 0 Å². The predicted molar refractivity (Wildman–Crippen MR) is 115 cm³/mol. The van der Waals surface area contributed by atoms with Gasteiger partial charge in [0.15, 0.2) is 0 Å². The third-order valence-electron chi connectivity index (χ3n) is 5.50. The first-order valence-corrected chi connectivity index (χ1v) is 10.1. The summed E-state index contributed by atoms with van der Waals surface area (Å²) in [4.78, 5) is 11.5. The van der Waals surface area contributed by atoms with Crippen molar-refractivity contribution in [3.63, 3.8) is 0 Å². The van der Waals surface area contributed by atoms with Gasteiger partial charge in [0.2, 0.25) is 5.88 Å². The summed E-state index contributed by atoms with van der Waals surface area (Å²) in [5, 5.41) is 0. The number of rotatable bonds is 4. The molecule has 0 saturated carbocycles. The van der Waals surface area contributed by atoms with Gasteiger partial charge in [-0.05, 0) is 17.2 Å². The van der Waals surface area contributed by atoms with Gasteiger partial charge in [0.1, 0.15) is 0 Å². The van der Waals surface area contributed by atoms with E-state index in [1.165, 1.54) is 16.8 Å². The second kappa shape index (κ2) is 9.13. The standard InChI is InChI=1S/C24H28N4O/c1-26-19-28(16-21-7-4-3-5-8-21)18-22-17-27(14-11-23(22)26)13-6-9-20-10-12-25-24(15-20)29-2/h3-5,7-8,10,12,15H,11,13-14,16-19H2,1-2H3. The molecule has 2 aliphatic rings. The molecule has 0 fully saturated rings. The smallest absolute Gasteiger partial charge is 0.214 e. The molecule has 150 valence electrons. The Labute approximate surface area is 173 Å². The maximum atomic E-state index is 5.17. The SMILES string of the molecule is COc1cc(C#CCN2CCC3=C(C2)CN(Cc2ccccc2)CN3C)ccn1. The molecule has 2 aliphatic heterocycles. The van der Waals surface area contributed by atoms with Crippen LogP contribution in [0.5, 0.6) is 5.88 Å². The monoisotopic (exact) mass is 388 g/mol. The van der Waals surface area contributed by atoms with Crippen LogP contribution in [-0.2, 0) is 6.54 Å². The van der Waals surface area contributed by atoms with Crippen LogP contribution in [-0.4, -0.2) is 66.7 Å². The Morgan fingerprint density at radius 2 is 1.93 bits per heavy atom. The summed E-state index contributed by atoms with van der Waals surface area (Å²) in [6, 6.07) is 14.5. The summed E-state index contributed by atoms with van der Waals surface area (Å²) in [5.74, 6) is 7.17. The van der Waals surface area contributed by atoms with Crippen LogP contribution < -0.4 is 4.74 Å². The molecule has 1 aromatic heterocycles. The number of nitrogens with zero attached hydrogens (tertiary/aromatic N) is 4. The van der Waals surface area contributed by atoms with Crippen LogP contribution in [0.4, 0.5) is 0 Å². The molecule has 0 atom stereocenters. The van der Waals surface area contributed by atoms with Gasteiger partial charge < -0.3 is 9.64 Å². The van der Waals surface area contributed by atoms with Crippen LogP contribution in [0.25, 0.3) is 0 Å². The van der Waals surface area contributed by atoms with Crippen LogP contribution in [0.3, 0.4) is 0 Å². The van der Waals surface area contributed by atoms with Gasteiger partial charge >= 0.3 is 0 Å². The number of benzene rings is 1. The van der Waals surface area contributed by atoms with E-state index in [-0.39, 0.29) is 0 Å². The molecule has 0 radical (unpaired) electrons. The maximum Gasteiger partial charge on any atom is 0.214 e. The molecule has 29 heavy (non-hydrogen) atoms. The minimum atomic E-state index is 0.605. The number of ether oxygens (including phenoxy) is 1. The minimum Gasteiger partial charge on any atom is -0.481 e. The second-order valence-electron chi connectivity index (χ2n) is 7.71. The van der Waals surface area contributed by atoms with E-state index in [0.717, 1.165) is 51.4 Å². The van der Waals surface area contributed by atoms with Crippen molar-refractivity contribution in [3.05, 3.63) is 71.1 Å². The Morgan fingerprint density at radius 1 is 1.10 bits per heavy atom. The molecule has 1 aromatic carbocycles. The zero-order chi connectivity index (χ0) is 20.1. The molecular formula is C24H28N4O. The average molecular weight is 389 g/mol. The number of pyridine rings is 1. The topological polar surface area (TPSA) is 31.8 Å². The lowest BCUT2D eigenvalue weighted by Gasteiger charge is -2.42. The van der Waals surface area contributed by atoms with Gasteiger partial charge in [-0.15, -0.1) is 0 Å². The highest BCUT2D eigenvalue weighted by Crippen LogP contribution is 2.26. The molecule has 0 saturated heterocycles. The molecule has 0 aliphatic carbocycles. The first-order valence-electron chi connectivity index (χ1n) is 10.1. The second-order valence-corrected chi connectivity index (χ2v) is 7.71. The van der Waals surface area contributed by atoms with E-state index in [2.05, 4.69) is 68.9 Å². The van der Waals surface area contributed by atoms with E-state index < -0.39 is 0 Å². The highest BCUT2D eigenvalue weighted by Gasteiger charge is 2.27. The van der Waals surface area contributed by atoms with Crippen LogP contribution in [0, 0.1) is 11.8 Å². The minimum absolute atomic E-state index is 0.605. The number of hydrogen-bond acceptors (Lipinski definition) is 5. The zero-order valence-electron chi connectivity index (χ0n) is 17.3. The highest BCUT2D eigenvalue weighted by atomic mass is 16.5.